The maximum absolute atomic E-state index is 12.7. The Morgan fingerprint density at radius 1 is 1.10 bits per heavy atom. The smallest absolute Gasteiger partial charge is 0.475 e. The molecule has 2 amide bonds. The Balaban J connectivity index is 0.000000298. The van der Waals surface area contributed by atoms with Crippen molar-refractivity contribution in [2.24, 2.45) is 0 Å². The molecule has 0 bridgehead atoms. The zero-order valence-electron chi connectivity index (χ0n) is 16.0. The Labute approximate surface area is 167 Å². The number of urea groups is 1. The van der Waals surface area contributed by atoms with Crippen molar-refractivity contribution >= 4 is 12.0 Å². The number of halogens is 3. The lowest BCUT2D eigenvalue weighted by atomic mass is 10.1. The van der Waals surface area contributed by atoms with E-state index in [1.54, 1.807) is 0 Å². The van der Waals surface area contributed by atoms with Crippen molar-refractivity contribution in [3.63, 3.8) is 0 Å². The average Bonchev–Trinajstić information content (AvgIpc) is 3.41. The molecule has 3 fully saturated rings. The van der Waals surface area contributed by atoms with Gasteiger partial charge in [0.15, 0.2) is 0 Å². The topological polar surface area (TPSA) is 77.0 Å². The number of amides is 2. The van der Waals surface area contributed by atoms with E-state index in [1.807, 2.05) is 23.4 Å². The van der Waals surface area contributed by atoms with Crippen molar-refractivity contribution in [3.8, 4) is 0 Å². The third-order valence-electron chi connectivity index (χ3n) is 5.66. The van der Waals surface area contributed by atoms with Crippen LogP contribution in [0.5, 0.6) is 0 Å². The van der Waals surface area contributed by atoms with Crippen LogP contribution in [0, 0.1) is 0 Å². The van der Waals surface area contributed by atoms with Crippen LogP contribution >= 0.6 is 0 Å². The first-order valence-electron chi connectivity index (χ1n) is 9.76. The number of carboxylic acid groups (broad SMARTS) is 1. The number of pyridine rings is 1. The zero-order valence-corrected chi connectivity index (χ0v) is 16.0. The Morgan fingerprint density at radius 3 is 2.34 bits per heavy atom. The van der Waals surface area contributed by atoms with E-state index >= 15 is 0 Å². The predicted molar refractivity (Wildman–Crippen MR) is 98.1 cm³/mol. The van der Waals surface area contributed by atoms with Crippen LogP contribution in [0.4, 0.5) is 18.0 Å². The number of carbonyl (C=O) groups excluding carboxylic acids is 1. The van der Waals surface area contributed by atoms with Crippen molar-refractivity contribution in [2.45, 2.75) is 50.5 Å². The van der Waals surface area contributed by atoms with Gasteiger partial charge in [-0.15, -0.1) is 0 Å². The Hall–Kier alpha value is -2.36. The number of aliphatic carboxylic acids is 1. The summed E-state index contributed by atoms with van der Waals surface area (Å²) >= 11 is 0. The van der Waals surface area contributed by atoms with Gasteiger partial charge in [0, 0.05) is 51.2 Å². The summed E-state index contributed by atoms with van der Waals surface area (Å²) in [5, 5.41) is 7.12. The number of hydrogen-bond donors (Lipinski definition) is 1. The van der Waals surface area contributed by atoms with Gasteiger partial charge in [-0.1, -0.05) is 6.07 Å². The Kier molecular flexibility index (Phi) is 6.61. The van der Waals surface area contributed by atoms with Gasteiger partial charge < -0.3 is 14.9 Å². The van der Waals surface area contributed by atoms with Crippen LogP contribution in [0.25, 0.3) is 0 Å². The van der Waals surface area contributed by atoms with E-state index in [2.05, 4.69) is 20.9 Å². The van der Waals surface area contributed by atoms with Crippen molar-refractivity contribution in [3.05, 3.63) is 30.1 Å². The van der Waals surface area contributed by atoms with E-state index in [9.17, 15) is 18.0 Å². The number of likely N-dealkylation sites (tertiary alicyclic amines) is 3. The van der Waals surface area contributed by atoms with Gasteiger partial charge in [-0.2, -0.15) is 13.2 Å². The second kappa shape index (κ2) is 8.98. The average molecular weight is 414 g/mol. The molecule has 10 heteroatoms. The van der Waals surface area contributed by atoms with Crippen molar-refractivity contribution < 1.29 is 27.9 Å². The molecule has 3 aliphatic heterocycles. The number of fused-ring (bicyclic) bond motifs is 1. The van der Waals surface area contributed by atoms with Crippen LogP contribution in [-0.4, -0.2) is 81.2 Å². The summed E-state index contributed by atoms with van der Waals surface area (Å²) in [7, 11) is 0. The normalized spacial score (nSPS) is 24.2. The van der Waals surface area contributed by atoms with E-state index in [1.165, 1.54) is 18.4 Å². The van der Waals surface area contributed by atoms with Crippen molar-refractivity contribution in [1.82, 2.24) is 19.7 Å². The summed E-state index contributed by atoms with van der Waals surface area (Å²) in [6.07, 6.45) is 3.26. The van der Waals surface area contributed by atoms with Crippen molar-refractivity contribution in [1.29, 1.82) is 0 Å². The van der Waals surface area contributed by atoms with Gasteiger partial charge in [0.25, 0.3) is 0 Å². The lowest BCUT2D eigenvalue weighted by molar-refractivity contribution is -0.192. The number of hydrogen-bond acceptors (Lipinski definition) is 4. The lowest BCUT2D eigenvalue weighted by Gasteiger charge is -2.29. The van der Waals surface area contributed by atoms with Gasteiger partial charge in [-0.05, 0) is 37.3 Å². The minimum absolute atomic E-state index is 0.285. The van der Waals surface area contributed by atoms with Gasteiger partial charge in [0.05, 0.1) is 6.04 Å². The fourth-order valence-corrected chi connectivity index (χ4v) is 4.33. The van der Waals surface area contributed by atoms with Crippen LogP contribution in [0.15, 0.2) is 24.5 Å². The molecular formula is C19H25F3N4O3. The van der Waals surface area contributed by atoms with Gasteiger partial charge in [-0.25, -0.2) is 9.59 Å². The first-order valence-corrected chi connectivity index (χ1v) is 9.76. The quantitative estimate of drug-likeness (QED) is 0.805. The van der Waals surface area contributed by atoms with Gasteiger partial charge in [-0.3, -0.25) is 9.88 Å². The number of alkyl halides is 3. The second-order valence-electron chi connectivity index (χ2n) is 7.52. The maximum atomic E-state index is 12.7. The van der Waals surface area contributed by atoms with Gasteiger partial charge >= 0.3 is 18.2 Å². The summed E-state index contributed by atoms with van der Waals surface area (Å²) in [6, 6.07) is 5.38. The highest BCUT2D eigenvalue weighted by Crippen LogP contribution is 2.33. The highest BCUT2D eigenvalue weighted by molar-refractivity contribution is 5.75. The standard InChI is InChI=1S/C17H24N4O.C2HF3O2/c22-17(19-8-1-2-9-19)21-11-6-15-16(21)5-10-20(15)13-14-4-3-7-18-12-14;3-2(4,5)1(6)7/h3-4,7,12,15-16H,1-2,5-6,8-11,13H2;(H,6,7)/t15-,16+;/m0./s1. The van der Waals surface area contributed by atoms with Crippen molar-refractivity contribution in [2.75, 3.05) is 26.2 Å². The van der Waals surface area contributed by atoms with E-state index in [4.69, 9.17) is 9.90 Å². The highest BCUT2D eigenvalue weighted by atomic mass is 19.4. The number of aromatic nitrogens is 1. The van der Waals surface area contributed by atoms with Gasteiger partial charge in [0.2, 0.25) is 0 Å². The fraction of sp³-hybridized carbons (Fsp3) is 0.632. The van der Waals surface area contributed by atoms with Crippen LogP contribution in [0.1, 0.15) is 31.2 Å². The summed E-state index contributed by atoms with van der Waals surface area (Å²) in [5.74, 6) is -2.76. The number of carbonyl (C=O) groups is 2. The largest absolute Gasteiger partial charge is 0.490 e. The first kappa shape index (κ1) is 21.4. The van der Waals surface area contributed by atoms with Gasteiger partial charge in [0.1, 0.15) is 0 Å². The maximum Gasteiger partial charge on any atom is 0.490 e. The fourth-order valence-electron chi connectivity index (χ4n) is 4.33. The summed E-state index contributed by atoms with van der Waals surface area (Å²) in [5.41, 5.74) is 1.27. The molecule has 1 aromatic heterocycles. The van der Waals surface area contributed by atoms with E-state index in [0.717, 1.165) is 45.6 Å². The minimum Gasteiger partial charge on any atom is -0.475 e. The first-order chi connectivity index (χ1) is 13.8. The number of carboxylic acids is 1. The summed E-state index contributed by atoms with van der Waals surface area (Å²) < 4.78 is 31.7. The second-order valence-corrected chi connectivity index (χ2v) is 7.52. The minimum atomic E-state index is -5.08. The predicted octanol–water partition coefficient (Wildman–Crippen LogP) is 2.58. The van der Waals surface area contributed by atoms with Crippen LogP contribution in [0.2, 0.25) is 0 Å². The molecule has 7 nitrogen and oxygen atoms in total. The third kappa shape index (κ3) is 5.17. The Morgan fingerprint density at radius 2 is 1.76 bits per heavy atom. The summed E-state index contributed by atoms with van der Waals surface area (Å²) in [4.78, 5) is 32.5. The molecule has 0 aliphatic carbocycles. The molecule has 1 aromatic rings. The molecule has 0 unspecified atom stereocenters. The molecule has 3 saturated heterocycles. The monoisotopic (exact) mass is 414 g/mol. The highest BCUT2D eigenvalue weighted by Gasteiger charge is 2.45. The molecule has 0 spiro atoms. The molecular weight excluding hydrogens is 389 g/mol. The molecule has 4 heterocycles. The molecule has 4 rings (SSSR count). The molecule has 0 saturated carbocycles. The van der Waals surface area contributed by atoms with E-state index in [0.29, 0.717) is 12.1 Å². The molecule has 2 atom stereocenters. The third-order valence-corrected chi connectivity index (χ3v) is 5.66. The molecule has 160 valence electrons. The zero-order chi connectivity index (χ0) is 21.0. The Bertz CT molecular complexity index is 710. The number of nitrogens with zero attached hydrogens (tertiary/aromatic N) is 4. The lowest BCUT2D eigenvalue weighted by Crippen LogP contribution is -2.45. The van der Waals surface area contributed by atoms with Crippen LogP contribution < -0.4 is 0 Å². The van der Waals surface area contributed by atoms with Crippen LogP contribution in [0.3, 0.4) is 0 Å². The summed E-state index contributed by atoms with van der Waals surface area (Å²) in [6.45, 7) is 4.88. The molecule has 29 heavy (non-hydrogen) atoms. The molecule has 3 aliphatic rings. The molecule has 0 radical (unpaired) electrons. The molecule has 0 aromatic carbocycles. The molecule has 1 N–H and O–H groups in total. The number of rotatable bonds is 2. The van der Waals surface area contributed by atoms with E-state index in [-0.39, 0.29) is 6.03 Å². The SMILES string of the molecule is O=C(N1CCCC1)N1CC[C@H]2[C@H]1CCN2Cc1cccnc1.O=C(O)C(F)(F)F. The van der Waals surface area contributed by atoms with Crippen LogP contribution in [-0.2, 0) is 11.3 Å². The van der Waals surface area contributed by atoms with E-state index < -0.39 is 12.1 Å².